The zero-order valence-corrected chi connectivity index (χ0v) is 11.8. The van der Waals surface area contributed by atoms with Crippen molar-refractivity contribution in [3.05, 3.63) is 21.5 Å². The van der Waals surface area contributed by atoms with Gasteiger partial charge < -0.3 is 0 Å². The van der Waals surface area contributed by atoms with Gasteiger partial charge in [-0.3, -0.25) is 9.69 Å². The van der Waals surface area contributed by atoms with Gasteiger partial charge >= 0.3 is 0 Å². The average Bonchev–Trinajstić information content (AvgIpc) is 2.86. The molecule has 4 nitrogen and oxygen atoms in total. The van der Waals surface area contributed by atoms with Crippen molar-refractivity contribution in [2.45, 2.75) is 10.1 Å². The molecule has 1 amide bonds. The highest BCUT2D eigenvalue weighted by atomic mass is 32.2. The summed E-state index contributed by atoms with van der Waals surface area (Å²) in [4.78, 5) is 22.6. The number of hydrogen-bond donors (Lipinski definition) is 0. The van der Waals surface area contributed by atoms with Crippen LogP contribution in [0.2, 0.25) is 0 Å². The van der Waals surface area contributed by atoms with E-state index in [1.54, 1.807) is 19.4 Å². The van der Waals surface area contributed by atoms with Gasteiger partial charge in [-0.2, -0.15) is 0 Å². The number of carbonyl (C=O) groups is 1. The minimum absolute atomic E-state index is 0.0391. The summed E-state index contributed by atoms with van der Waals surface area (Å²) < 4.78 is 1.52. The van der Waals surface area contributed by atoms with Crippen molar-refractivity contribution in [2.75, 3.05) is 7.05 Å². The van der Waals surface area contributed by atoms with Crippen molar-refractivity contribution < 1.29 is 4.79 Å². The number of carbonyl (C=O) groups excluding carboxylic acids is 1. The van der Waals surface area contributed by atoms with E-state index in [0.717, 1.165) is 14.3 Å². The predicted molar refractivity (Wildman–Crippen MR) is 73.7 cm³/mol. The summed E-state index contributed by atoms with van der Waals surface area (Å²) in [6.07, 6.45) is 3.31. The lowest BCUT2D eigenvalue weighted by molar-refractivity contribution is -0.121. The Morgan fingerprint density at radius 2 is 1.76 bits per heavy atom. The summed E-state index contributed by atoms with van der Waals surface area (Å²) in [7, 11) is 1.69. The highest BCUT2D eigenvalue weighted by Crippen LogP contribution is 2.53. The topological polar surface area (TPSA) is 46.1 Å². The summed E-state index contributed by atoms with van der Waals surface area (Å²) in [6.45, 7) is 0. The molecule has 86 valence electrons. The SMILES string of the molecule is CN1C(=O)C(=C2Sc3nccnc3S2)SC1=S. The minimum atomic E-state index is -0.0391. The molecule has 0 unspecified atom stereocenters. The van der Waals surface area contributed by atoms with Crippen LogP contribution in [-0.2, 0) is 4.79 Å². The van der Waals surface area contributed by atoms with Gasteiger partial charge in [0.2, 0.25) is 0 Å². The van der Waals surface area contributed by atoms with E-state index in [-0.39, 0.29) is 5.91 Å². The number of nitrogens with zero attached hydrogens (tertiary/aromatic N) is 3. The first-order chi connectivity index (χ1) is 8.16. The second kappa shape index (κ2) is 4.27. The first kappa shape index (κ1) is 11.5. The monoisotopic (exact) mass is 299 g/mol. The van der Waals surface area contributed by atoms with E-state index in [1.165, 1.54) is 40.2 Å². The van der Waals surface area contributed by atoms with Gasteiger partial charge in [-0.25, -0.2) is 9.97 Å². The molecule has 2 aliphatic heterocycles. The molecule has 0 spiro atoms. The molecule has 0 aromatic carbocycles. The van der Waals surface area contributed by atoms with Crippen LogP contribution in [0.15, 0.2) is 31.6 Å². The fourth-order valence-electron chi connectivity index (χ4n) is 1.31. The Kier molecular flexibility index (Phi) is 2.89. The van der Waals surface area contributed by atoms with Gasteiger partial charge in [0.05, 0.1) is 4.24 Å². The molecule has 17 heavy (non-hydrogen) atoms. The Morgan fingerprint density at radius 3 is 2.24 bits per heavy atom. The number of hydrogen-bond acceptors (Lipinski definition) is 7. The summed E-state index contributed by atoms with van der Waals surface area (Å²) >= 11 is 9.41. The molecule has 0 atom stereocenters. The average molecular weight is 299 g/mol. The van der Waals surface area contributed by atoms with Gasteiger partial charge in [-0.1, -0.05) is 47.5 Å². The van der Waals surface area contributed by atoms with Crippen LogP contribution in [0, 0.1) is 0 Å². The van der Waals surface area contributed by atoms with Crippen molar-refractivity contribution in [1.82, 2.24) is 14.9 Å². The maximum atomic E-state index is 11.9. The Balaban J connectivity index is 1.99. The molecule has 3 rings (SSSR count). The molecule has 0 radical (unpaired) electrons. The molecule has 3 heterocycles. The van der Waals surface area contributed by atoms with Crippen molar-refractivity contribution >= 4 is 57.7 Å². The molecule has 0 aliphatic carbocycles. The Bertz CT molecular complexity index is 544. The van der Waals surface area contributed by atoms with Crippen LogP contribution in [0.3, 0.4) is 0 Å². The number of amides is 1. The predicted octanol–water partition coefficient (Wildman–Crippen LogP) is 2.33. The number of fused-ring (bicyclic) bond motifs is 1. The van der Waals surface area contributed by atoms with Crippen LogP contribution in [0.5, 0.6) is 0 Å². The molecule has 1 aromatic heterocycles. The van der Waals surface area contributed by atoms with Crippen LogP contribution >= 0.6 is 47.5 Å². The van der Waals surface area contributed by atoms with Crippen molar-refractivity contribution in [1.29, 1.82) is 0 Å². The molecular formula is C9H5N3OS4. The lowest BCUT2D eigenvalue weighted by atomic mass is 10.5. The Morgan fingerprint density at radius 1 is 1.18 bits per heavy atom. The maximum Gasteiger partial charge on any atom is 0.267 e. The lowest BCUT2D eigenvalue weighted by Crippen LogP contribution is -2.22. The first-order valence-corrected chi connectivity index (χ1v) is 7.43. The molecule has 1 aromatic rings. The molecule has 0 N–H and O–H groups in total. The lowest BCUT2D eigenvalue weighted by Gasteiger charge is -2.03. The van der Waals surface area contributed by atoms with Crippen molar-refractivity contribution in [3.8, 4) is 0 Å². The smallest absolute Gasteiger partial charge is 0.267 e. The van der Waals surface area contributed by atoms with Gasteiger partial charge in [0.1, 0.15) is 19.3 Å². The van der Waals surface area contributed by atoms with Crippen LogP contribution in [0.4, 0.5) is 0 Å². The first-order valence-electron chi connectivity index (χ1n) is 4.57. The van der Waals surface area contributed by atoms with E-state index in [4.69, 9.17) is 12.2 Å². The third-order valence-electron chi connectivity index (χ3n) is 2.16. The highest BCUT2D eigenvalue weighted by molar-refractivity contribution is 8.30. The summed E-state index contributed by atoms with van der Waals surface area (Å²) in [6, 6.07) is 0. The number of rotatable bonds is 0. The fraction of sp³-hybridized carbons (Fsp3) is 0.111. The largest absolute Gasteiger partial charge is 0.296 e. The molecule has 2 aliphatic rings. The van der Waals surface area contributed by atoms with Gasteiger partial charge in [-0.05, 0) is 0 Å². The van der Waals surface area contributed by atoms with E-state index in [1.807, 2.05) is 0 Å². The molecule has 8 heteroatoms. The normalized spacial score (nSPS) is 19.2. The quantitative estimate of drug-likeness (QED) is 0.538. The van der Waals surface area contributed by atoms with E-state index in [2.05, 4.69) is 9.97 Å². The van der Waals surface area contributed by atoms with Crippen LogP contribution in [-0.4, -0.2) is 32.1 Å². The van der Waals surface area contributed by atoms with Crippen LogP contribution < -0.4 is 0 Å². The van der Waals surface area contributed by atoms with E-state index < -0.39 is 0 Å². The molecule has 1 saturated heterocycles. The number of thiocarbonyl (C=S) groups is 1. The molecule has 0 saturated carbocycles. The maximum absolute atomic E-state index is 11.9. The number of likely N-dealkylation sites (N-methyl/N-ethyl adjacent to an activating group) is 1. The summed E-state index contributed by atoms with van der Waals surface area (Å²) in [5.41, 5.74) is 0. The summed E-state index contributed by atoms with van der Waals surface area (Å²) in [5, 5.41) is 1.71. The second-order valence-electron chi connectivity index (χ2n) is 3.22. The van der Waals surface area contributed by atoms with Crippen molar-refractivity contribution in [3.63, 3.8) is 0 Å². The molecular weight excluding hydrogens is 294 g/mol. The van der Waals surface area contributed by atoms with Crippen LogP contribution in [0.1, 0.15) is 0 Å². The van der Waals surface area contributed by atoms with Crippen molar-refractivity contribution in [2.24, 2.45) is 0 Å². The second-order valence-corrected chi connectivity index (χ2v) is 7.12. The molecule has 1 fully saturated rings. The molecule has 0 bridgehead atoms. The third-order valence-corrected chi connectivity index (χ3v) is 6.37. The zero-order chi connectivity index (χ0) is 12.0. The standard InChI is InChI=1S/C9H5N3OS4/c1-12-7(13)4(15-9(12)14)8-16-5-6(17-8)11-3-2-10-5/h2-3H,1H3. The van der Waals surface area contributed by atoms with E-state index >= 15 is 0 Å². The van der Waals surface area contributed by atoms with Gasteiger partial charge in [0.25, 0.3) is 5.91 Å². The Labute approximate surface area is 116 Å². The minimum Gasteiger partial charge on any atom is -0.296 e. The van der Waals surface area contributed by atoms with Crippen LogP contribution in [0.25, 0.3) is 0 Å². The van der Waals surface area contributed by atoms with E-state index in [9.17, 15) is 4.79 Å². The number of aromatic nitrogens is 2. The number of thioether (sulfide) groups is 3. The Hall–Kier alpha value is -0.570. The third kappa shape index (κ3) is 1.88. The zero-order valence-electron chi connectivity index (χ0n) is 8.54. The van der Waals surface area contributed by atoms with Gasteiger partial charge in [-0.15, -0.1) is 0 Å². The summed E-state index contributed by atoms with van der Waals surface area (Å²) in [5.74, 6) is -0.0391. The van der Waals surface area contributed by atoms with Gasteiger partial charge in [0, 0.05) is 19.4 Å². The van der Waals surface area contributed by atoms with E-state index in [0.29, 0.717) is 9.23 Å². The fourth-order valence-corrected chi connectivity index (χ4v) is 4.95. The van der Waals surface area contributed by atoms with Gasteiger partial charge in [0.15, 0.2) is 0 Å². The highest BCUT2D eigenvalue weighted by Gasteiger charge is 2.35.